The van der Waals surface area contributed by atoms with Gasteiger partial charge in [0.2, 0.25) is 0 Å². The molecule has 100 valence electrons. The quantitative estimate of drug-likeness (QED) is 0.823. The lowest BCUT2D eigenvalue weighted by Gasteiger charge is -2.32. The Hall–Kier alpha value is -0.820. The molecule has 0 spiro atoms. The van der Waals surface area contributed by atoms with Gasteiger partial charge in [0.1, 0.15) is 0 Å². The van der Waals surface area contributed by atoms with E-state index in [-0.39, 0.29) is 0 Å². The molecular weight excluding hydrogens is 218 g/mol. The van der Waals surface area contributed by atoms with E-state index < -0.39 is 0 Å². The number of aryl methyl sites for hydroxylation is 1. The highest BCUT2D eigenvalue weighted by atomic mass is 14.9. The molecular formula is C17H27N. The lowest BCUT2D eigenvalue weighted by molar-refractivity contribution is 0.261. The van der Waals surface area contributed by atoms with Crippen molar-refractivity contribution >= 4 is 0 Å². The van der Waals surface area contributed by atoms with E-state index in [4.69, 9.17) is 0 Å². The second-order valence-corrected chi connectivity index (χ2v) is 5.79. The van der Waals surface area contributed by atoms with Crippen LogP contribution in [0.3, 0.4) is 0 Å². The van der Waals surface area contributed by atoms with Gasteiger partial charge in [-0.05, 0) is 50.6 Å². The third-order valence-electron chi connectivity index (χ3n) is 4.18. The molecule has 1 aromatic carbocycles. The fraction of sp³-hybridized carbons (Fsp3) is 0.647. The van der Waals surface area contributed by atoms with Crippen LogP contribution in [0.4, 0.5) is 0 Å². The Morgan fingerprint density at radius 3 is 2.56 bits per heavy atom. The average Bonchev–Trinajstić information content (AvgIpc) is 2.40. The highest BCUT2D eigenvalue weighted by molar-refractivity contribution is 5.22. The molecule has 0 heterocycles. The first-order chi connectivity index (χ1) is 8.79. The predicted octanol–water partition coefficient (Wildman–Crippen LogP) is 4.10. The minimum Gasteiger partial charge on any atom is -0.314 e. The second-order valence-electron chi connectivity index (χ2n) is 5.79. The van der Waals surface area contributed by atoms with Gasteiger partial charge in [-0.3, -0.25) is 0 Å². The van der Waals surface area contributed by atoms with Crippen molar-refractivity contribution in [2.45, 2.75) is 58.4 Å². The molecule has 0 amide bonds. The largest absolute Gasteiger partial charge is 0.314 e. The minimum absolute atomic E-state index is 0.750. The van der Waals surface area contributed by atoms with Gasteiger partial charge in [-0.15, -0.1) is 0 Å². The van der Waals surface area contributed by atoms with Crippen LogP contribution in [0, 0.1) is 12.8 Å². The van der Waals surface area contributed by atoms with Crippen LogP contribution in [0.1, 0.15) is 50.2 Å². The molecule has 0 saturated heterocycles. The van der Waals surface area contributed by atoms with E-state index in [2.05, 4.69) is 43.4 Å². The molecule has 1 N–H and O–H groups in total. The summed E-state index contributed by atoms with van der Waals surface area (Å²) < 4.78 is 0. The van der Waals surface area contributed by atoms with Gasteiger partial charge in [0.05, 0.1) is 0 Å². The van der Waals surface area contributed by atoms with Gasteiger partial charge in [-0.25, -0.2) is 0 Å². The fourth-order valence-electron chi connectivity index (χ4n) is 3.08. The van der Waals surface area contributed by atoms with Crippen molar-refractivity contribution in [3.63, 3.8) is 0 Å². The maximum atomic E-state index is 3.75. The maximum absolute atomic E-state index is 3.75. The van der Waals surface area contributed by atoms with Gasteiger partial charge in [0.25, 0.3) is 0 Å². The number of rotatable bonds is 5. The SMILES string of the molecule is CCCNC1CCCCC1Cc1ccc(C)cc1. The lowest BCUT2D eigenvalue weighted by atomic mass is 9.80. The Morgan fingerprint density at radius 1 is 1.11 bits per heavy atom. The van der Waals surface area contributed by atoms with Crippen molar-refractivity contribution < 1.29 is 0 Å². The zero-order chi connectivity index (χ0) is 12.8. The molecule has 1 nitrogen and oxygen atoms in total. The van der Waals surface area contributed by atoms with Crippen LogP contribution in [0.2, 0.25) is 0 Å². The van der Waals surface area contributed by atoms with E-state index in [1.54, 1.807) is 0 Å². The normalized spacial score (nSPS) is 24.1. The lowest BCUT2D eigenvalue weighted by Crippen LogP contribution is -2.39. The first kappa shape index (κ1) is 13.6. The molecule has 1 heteroatoms. The number of benzene rings is 1. The van der Waals surface area contributed by atoms with Gasteiger partial charge < -0.3 is 5.32 Å². The zero-order valence-corrected chi connectivity index (χ0v) is 11.9. The van der Waals surface area contributed by atoms with Crippen LogP contribution in [-0.4, -0.2) is 12.6 Å². The Bertz CT molecular complexity index is 341. The first-order valence-electron chi connectivity index (χ1n) is 7.58. The first-order valence-corrected chi connectivity index (χ1v) is 7.58. The van der Waals surface area contributed by atoms with E-state index in [9.17, 15) is 0 Å². The van der Waals surface area contributed by atoms with Gasteiger partial charge in [-0.1, -0.05) is 49.6 Å². The number of hydrogen-bond donors (Lipinski definition) is 1. The summed E-state index contributed by atoms with van der Waals surface area (Å²) in [5.74, 6) is 0.841. The molecule has 1 aliphatic carbocycles. The van der Waals surface area contributed by atoms with Crippen molar-refractivity contribution in [1.29, 1.82) is 0 Å². The van der Waals surface area contributed by atoms with Crippen molar-refractivity contribution in [2.24, 2.45) is 5.92 Å². The molecule has 1 saturated carbocycles. The van der Waals surface area contributed by atoms with Crippen molar-refractivity contribution in [3.05, 3.63) is 35.4 Å². The topological polar surface area (TPSA) is 12.0 Å². The summed E-state index contributed by atoms with van der Waals surface area (Å²) in [6.07, 6.45) is 8.09. The van der Waals surface area contributed by atoms with E-state index >= 15 is 0 Å². The molecule has 1 aliphatic rings. The Labute approximate surface area is 112 Å². The molecule has 0 aliphatic heterocycles. The molecule has 18 heavy (non-hydrogen) atoms. The highest BCUT2D eigenvalue weighted by Gasteiger charge is 2.24. The van der Waals surface area contributed by atoms with Gasteiger partial charge in [0.15, 0.2) is 0 Å². The molecule has 0 radical (unpaired) electrons. The Morgan fingerprint density at radius 2 is 1.83 bits per heavy atom. The summed E-state index contributed by atoms with van der Waals surface area (Å²) in [5.41, 5.74) is 2.87. The average molecular weight is 245 g/mol. The third-order valence-corrected chi connectivity index (χ3v) is 4.18. The van der Waals surface area contributed by atoms with Gasteiger partial charge >= 0.3 is 0 Å². The predicted molar refractivity (Wildman–Crippen MR) is 78.9 cm³/mol. The van der Waals surface area contributed by atoms with Crippen molar-refractivity contribution in [3.8, 4) is 0 Å². The highest BCUT2D eigenvalue weighted by Crippen LogP contribution is 2.27. The molecule has 1 fully saturated rings. The summed E-state index contributed by atoms with van der Waals surface area (Å²) in [7, 11) is 0. The summed E-state index contributed by atoms with van der Waals surface area (Å²) in [4.78, 5) is 0. The molecule has 2 atom stereocenters. The van der Waals surface area contributed by atoms with Crippen molar-refractivity contribution in [2.75, 3.05) is 6.54 Å². The van der Waals surface area contributed by atoms with E-state index in [1.807, 2.05) is 0 Å². The summed E-state index contributed by atoms with van der Waals surface area (Å²) in [6.45, 7) is 5.59. The standard InChI is InChI=1S/C17H27N/c1-3-12-18-17-7-5-4-6-16(17)13-15-10-8-14(2)9-11-15/h8-11,16-18H,3-7,12-13H2,1-2H3. The van der Waals surface area contributed by atoms with Crippen LogP contribution in [-0.2, 0) is 6.42 Å². The number of hydrogen-bond acceptors (Lipinski definition) is 1. The smallest absolute Gasteiger partial charge is 0.00984 e. The Balaban J connectivity index is 1.94. The number of nitrogens with one attached hydrogen (secondary N) is 1. The molecule has 2 rings (SSSR count). The zero-order valence-electron chi connectivity index (χ0n) is 11.9. The maximum Gasteiger partial charge on any atom is 0.00984 e. The van der Waals surface area contributed by atoms with Crippen LogP contribution in [0.15, 0.2) is 24.3 Å². The monoisotopic (exact) mass is 245 g/mol. The summed E-state index contributed by atoms with van der Waals surface area (Å²) >= 11 is 0. The van der Waals surface area contributed by atoms with E-state index in [0.717, 1.165) is 12.0 Å². The van der Waals surface area contributed by atoms with Crippen LogP contribution < -0.4 is 5.32 Å². The summed E-state index contributed by atoms with van der Waals surface area (Å²) in [5, 5.41) is 3.75. The van der Waals surface area contributed by atoms with Gasteiger partial charge in [0, 0.05) is 6.04 Å². The Kier molecular flexibility index (Phi) is 5.25. The van der Waals surface area contributed by atoms with Crippen LogP contribution in [0.25, 0.3) is 0 Å². The van der Waals surface area contributed by atoms with Crippen molar-refractivity contribution in [1.82, 2.24) is 5.32 Å². The van der Waals surface area contributed by atoms with Crippen LogP contribution >= 0.6 is 0 Å². The molecule has 0 aromatic heterocycles. The fourth-order valence-corrected chi connectivity index (χ4v) is 3.08. The second kappa shape index (κ2) is 6.94. The van der Waals surface area contributed by atoms with Crippen LogP contribution in [0.5, 0.6) is 0 Å². The van der Waals surface area contributed by atoms with Gasteiger partial charge in [-0.2, -0.15) is 0 Å². The van der Waals surface area contributed by atoms with E-state index in [1.165, 1.54) is 56.2 Å². The molecule has 0 bridgehead atoms. The molecule has 1 aromatic rings. The molecule has 2 unspecified atom stereocenters. The van der Waals surface area contributed by atoms with E-state index in [0.29, 0.717) is 0 Å². The summed E-state index contributed by atoms with van der Waals surface area (Å²) in [6, 6.07) is 9.85. The minimum atomic E-state index is 0.750. The third kappa shape index (κ3) is 3.84.